The van der Waals surface area contributed by atoms with Crippen molar-refractivity contribution in [3.63, 3.8) is 0 Å². The highest BCUT2D eigenvalue weighted by Gasteiger charge is 2.17. The van der Waals surface area contributed by atoms with Crippen LogP contribution in [0, 0.1) is 0 Å². The molecular formula is C19H23N3O4. The second-order valence-corrected chi connectivity index (χ2v) is 6.29. The summed E-state index contributed by atoms with van der Waals surface area (Å²) in [6, 6.07) is 5.47. The maximum Gasteiger partial charge on any atom is 0.201 e. The number of likely N-dealkylation sites (N-methyl/N-ethyl adjacent to an activating group) is 1. The molecule has 3 aromatic rings. The number of phenols is 3. The molecule has 0 unspecified atom stereocenters. The molecule has 7 heteroatoms. The fourth-order valence-electron chi connectivity index (χ4n) is 3.33. The average molecular weight is 357 g/mol. The summed E-state index contributed by atoms with van der Waals surface area (Å²) < 4.78 is 1.82. The molecule has 0 bridgehead atoms. The number of hydrogen-bond acceptors (Lipinski definition) is 6. The van der Waals surface area contributed by atoms with E-state index in [9.17, 15) is 20.1 Å². The van der Waals surface area contributed by atoms with E-state index in [-0.39, 0.29) is 28.3 Å². The van der Waals surface area contributed by atoms with Crippen LogP contribution < -0.4 is 11.2 Å². The summed E-state index contributed by atoms with van der Waals surface area (Å²) in [5, 5.41) is 30.6. The molecule has 0 amide bonds. The van der Waals surface area contributed by atoms with Gasteiger partial charge in [0.1, 0.15) is 17.2 Å². The van der Waals surface area contributed by atoms with E-state index < -0.39 is 5.43 Å². The first-order valence-electron chi connectivity index (χ1n) is 8.60. The van der Waals surface area contributed by atoms with Crippen LogP contribution in [0.2, 0.25) is 0 Å². The average Bonchev–Trinajstić information content (AvgIpc) is 2.59. The minimum atomic E-state index is -0.390. The van der Waals surface area contributed by atoms with Gasteiger partial charge in [-0.25, -0.2) is 0 Å². The standard InChI is InChI=1S/C19H23N3O4/c1-3-21(4-2)5-6-22-14-10-16(24)13(20)9-12(14)19(26)18-15(22)7-11(23)8-17(18)25/h7-10,23-25H,3-6,20H2,1-2H3. The first kappa shape index (κ1) is 17.9. The molecule has 7 nitrogen and oxygen atoms in total. The first-order chi connectivity index (χ1) is 12.4. The lowest BCUT2D eigenvalue weighted by Crippen LogP contribution is -2.27. The van der Waals surface area contributed by atoms with Crippen molar-refractivity contribution in [2.24, 2.45) is 0 Å². The monoisotopic (exact) mass is 357 g/mol. The second kappa shape index (κ2) is 6.76. The molecule has 0 aliphatic carbocycles. The third-order valence-electron chi connectivity index (χ3n) is 4.81. The highest BCUT2D eigenvalue weighted by Crippen LogP contribution is 2.33. The van der Waals surface area contributed by atoms with Gasteiger partial charge in [0, 0.05) is 36.7 Å². The van der Waals surface area contributed by atoms with Gasteiger partial charge in [-0.15, -0.1) is 0 Å². The predicted molar refractivity (Wildman–Crippen MR) is 103 cm³/mol. The van der Waals surface area contributed by atoms with E-state index in [4.69, 9.17) is 5.73 Å². The van der Waals surface area contributed by atoms with Gasteiger partial charge in [0.05, 0.1) is 22.1 Å². The summed E-state index contributed by atoms with van der Waals surface area (Å²) in [6.45, 7) is 7.11. The number of fused-ring (bicyclic) bond motifs is 2. The highest BCUT2D eigenvalue weighted by atomic mass is 16.3. The lowest BCUT2D eigenvalue weighted by Gasteiger charge is -2.22. The van der Waals surface area contributed by atoms with Crippen molar-refractivity contribution in [2.75, 3.05) is 25.4 Å². The zero-order valence-corrected chi connectivity index (χ0v) is 14.9. The SMILES string of the molecule is CCN(CC)CCn1c2cc(O)c(N)cc2c(=O)c2c(O)cc(O)cc21. The molecule has 1 aromatic heterocycles. The van der Waals surface area contributed by atoms with Crippen LogP contribution in [-0.2, 0) is 6.54 Å². The molecule has 0 atom stereocenters. The molecule has 0 spiro atoms. The molecule has 3 rings (SSSR count). The minimum absolute atomic E-state index is 0.0995. The molecule has 0 saturated carbocycles. The molecule has 26 heavy (non-hydrogen) atoms. The van der Waals surface area contributed by atoms with Gasteiger partial charge in [-0.3, -0.25) is 4.79 Å². The number of aromatic nitrogens is 1. The molecule has 0 fully saturated rings. The first-order valence-corrected chi connectivity index (χ1v) is 8.60. The Morgan fingerprint density at radius 2 is 1.69 bits per heavy atom. The molecule has 5 N–H and O–H groups in total. The van der Waals surface area contributed by atoms with E-state index in [2.05, 4.69) is 18.7 Å². The van der Waals surface area contributed by atoms with Crippen LogP contribution >= 0.6 is 0 Å². The summed E-state index contributed by atoms with van der Waals surface area (Å²) in [5.74, 6) is -0.530. The fraction of sp³-hybridized carbons (Fsp3) is 0.316. The van der Waals surface area contributed by atoms with Crippen LogP contribution in [0.25, 0.3) is 21.8 Å². The van der Waals surface area contributed by atoms with Gasteiger partial charge in [-0.1, -0.05) is 13.8 Å². The van der Waals surface area contributed by atoms with Crippen molar-refractivity contribution in [3.05, 3.63) is 34.5 Å². The molecule has 0 saturated heterocycles. The van der Waals surface area contributed by atoms with Gasteiger partial charge in [0.2, 0.25) is 5.43 Å². The zero-order valence-electron chi connectivity index (χ0n) is 14.9. The third kappa shape index (κ3) is 2.90. The normalized spacial score (nSPS) is 11.7. The van der Waals surface area contributed by atoms with Crippen molar-refractivity contribution >= 4 is 27.5 Å². The molecule has 2 aromatic carbocycles. The number of nitrogens with two attached hydrogens (primary N) is 1. The molecular weight excluding hydrogens is 334 g/mol. The maximum atomic E-state index is 12.9. The van der Waals surface area contributed by atoms with Crippen LogP contribution in [-0.4, -0.2) is 44.4 Å². The Morgan fingerprint density at radius 3 is 2.35 bits per heavy atom. The largest absolute Gasteiger partial charge is 0.508 e. The van der Waals surface area contributed by atoms with Crippen LogP contribution in [0.5, 0.6) is 17.2 Å². The van der Waals surface area contributed by atoms with E-state index in [0.717, 1.165) is 19.2 Å². The zero-order chi connectivity index (χ0) is 19.0. The van der Waals surface area contributed by atoms with Crippen molar-refractivity contribution in [2.45, 2.75) is 20.4 Å². The number of nitrogens with zero attached hydrogens (tertiary/aromatic N) is 2. The topological polar surface area (TPSA) is 112 Å². The Balaban J connectivity index is 2.37. The second-order valence-electron chi connectivity index (χ2n) is 6.29. The quantitative estimate of drug-likeness (QED) is 0.316. The van der Waals surface area contributed by atoms with Gasteiger partial charge >= 0.3 is 0 Å². The van der Waals surface area contributed by atoms with Crippen molar-refractivity contribution < 1.29 is 15.3 Å². The number of phenolic OH excluding ortho intramolecular Hbond substituents is 3. The van der Waals surface area contributed by atoms with Crippen LogP contribution in [0.1, 0.15) is 13.8 Å². The van der Waals surface area contributed by atoms with Crippen molar-refractivity contribution in [1.82, 2.24) is 9.47 Å². The fourth-order valence-corrected chi connectivity index (χ4v) is 3.33. The number of pyridine rings is 1. The Hall–Kier alpha value is -2.93. The number of nitrogen functional groups attached to an aromatic ring is 1. The Morgan fingerprint density at radius 1 is 1.00 bits per heavy atom. The lowest BCUT2D eigenvalue weighted by atomic mass is 10.1. The molecule has 1 heterocycles. The Labute approximate surface area is 150 Å². The molecule has 0 aliphatic rings. The van der Waals surface area contributed by atoms with E-state index in [1.54, 1.807) is 0 Å². The van der Waals surface area contributed by atoms with Gasteiger partial charge < -0.3 is 30.5 Å². The molecule has 0 aliphatic heterocycles. The minimum Gasteiger partial charge on any atom is -0.508 e. The lowest BCUT2D eigenvalue weighted by molar-refractivity contribution is 0.293. The number of rotatable bonds is 5. The molecule has 138 valence electrons. The Kier molecular flexibility index (Phi) is 4.65. The van der Waals surface area contributed by atoms with Crippen molar-refractivity contribution in [1.29, 1.82) is 0 Å². The van der Waals surface area contributed by atoms with E-state index >= 15 is 0 Å². The number of aromatic hydroxyl groups is 3. The van der Waals surface area contributed by atoms with Crippen LogP contribution in [0.4, 0.5) is 5.69 Å². The number of anilines is 1. The smallest absolute Gasteiger partial charge is 0.201 e. The van der Waals surface area contributed by atoms with Crippen molar-refractivity contribution in [3.8, 4) is 17.2 Å². The van der Waals surface area contributed by atoms with Gasteiger partial charge in [-0.2, -0.15) is 0 Å². The van der Waals surface area contributed by atoms with Gasteiger partial charge in [0.15, 0.2) is 0 Å². The summed E-state index contributed by atoms with van der Waals surface area (Å²) in [6.07, 6.45) is 0. The van der Waals surface area contributed by atoms with Gasteiger partial charge in [0.25, 0.3) is 0 Å². The third-order valence-corrected chi connectivity index (χ3v) is 4.81. The number of benzene rings is 2. The van der Waals surface area contributed by atoms with Crippen LogP contribution in [0.15, 0.2) is 29.1 Å². The molecule has 0 radical (unpaired) electrons. The van der Waals surface area contributed by atoms with E-state index in [1.807, 2.05) is 4.57 Å². The van der Waals surface area contributed by atoms with E-state index in [1.165, 1.54) is 18.2 Å². The summed E-state index contributed by atoms with van der Waals surface area (Å²) >= 11 is 0. The predicted octanol–water partition coefficient (Wildman–Crippen LogP) is 2.20. The van der Waals surface area contributed by atoms with Crippen LogP contribution in [0.3, 0.4) is 0 Å². The van der Waals surface area contributed by atoms with Gasteiger partial charge in [-0.05, 0) is 19.2 Å². The Bertz CT molecular complexity index is 1040. The summed E-state index contributed by atoms with van der Waals surface area (Å²) in [7, 11) is 0. The summed E-state index contributed by atoms with van der Waals surface area (Å²) in [5.41, 5.74) is 6.40. The number of hydrogen-bond donors (Lipinski definition) is 4. The maximum absolute atomic E-state index is 12.9. The van der Waals surface area contributed by atoms with E-state index in [0.29, 0.717) is 29.5 Å². The summed E-state index contributed by atoms with van der Waals surface area (Å²) in [4.78, 5) is 15.1. The highest BCUT2D eigenvalue weighted by molar-refractivity contribution is 5.98.